The van der Waals surface area contributed by atoms with Crippen molar-refractivity contribution in [3.63, 3.8) is 0 Å². The highest BCUT2D eigenvalue weighted by Crippen LogP contribution is 2.21. The van der Waals surface area contributed by atoms with Crippen LogP contribution in [0.2, 0.25) is 0 Å². The highest BCUT2D eigenvalue weighted by molar-refractivity contribution is 6.30. The molecular formula is C18H25ClN2O5. The number of benzene rings is 1. The van der Waals surface area contributed by atoms with E-state index in [2.05, 4.69) is 5.32 Å². The van der Waals surface area contributed by atoms with Crippen molar-refractivity contribution >= 4 is 23.6 Å². The summed E-state index contributed by atoms with van der Waals surface area (Å²) >= 11 is 6.17. The van der Waals surface area contributed by atoms with Crippen molar-refractivity contribution < 1.29 is 24.5 Å². The van der Waals surface area contributed by atoms with Crippen molar-refractivity contribution in [2.75, 3.05) is 26.7 Å². The number of likely N-dealkylation sites (tertiary alicyclic amines) is 1. The van der Waals surface area contributed by atoms with E-state index in [9.17, 15) is 14.7 Å². The fourth-order valence-corrected chi connectivity index (χ4v) is 3.27. The maximum Gasteiger partial charge on any atom is 0.407 e. The van der Waals surface area contributed by atoms with Gasteiger partial charge in [-0.15, -0.1) is 11.6 Å². The lowest BCUT2D eigenvalue weighted by Gasteiger charge is -2.32. The van der Waals surface area contributed by atoms with E-state index in [-0.39, 0.29) is 18.4 Å². The SMILES string of the molecule is COc1ccc(CC(Cl)C(=O)NCC(O)C2CCN(C(=O)O)CC2)cc1. The van der Waals surface area contributed by atoms with Gasteiger partial charge in [0.15, 0.2) is 0 Å². The smallest absolute Gasteiger partial charge is 0.407 e. The van der Waals surface area contributed by atoms with E-state index in [1.54, 1.807) is 7.11 Å². The number of hydrogen-bond donors (Lipinski definition) is 3. The normalized spacial score (nSPS) is 17.4. The first-order valence-electron chi connectivity index (χ1n) is 8.61. The minimum Gasteiger partial charge on any atom is -0.497 e. The monoisotopic (exact) mass is 384 g/mol. The number of nitrogens with one attached hydrogen (secondary N) is 1. The Morgan fingerprint density at radius 2 is 1.92 bits per heavy atom. The van der Waals surface area contributed by atoms with Crippen LogP contribution in [0.15, 0.2) is 24.3 Å². The molecule has 144 valence electrons. The van der Waals surface area contributed by atoms with Gasteiger partial charge in [-0.05, 0) is 42.9 Å². The molecule has 1 saturated heterocycles. The molecule has 7 nitrogen and oxygen atoms in total. The number of ether oxygens (including phenoxy) is 1. The second kappa shape index (κ2) is 9.64. The van der Waals surface area contributed by atoms with E-state index in [4.69, 9.17) is 21.4 Å². The zero-order valence-electron chi connectivity index (χ0n) is 14.7. The molecule has 0 bridgehead atoms. The van der Waals surface area contributed by atoms with Gasteiger partial charge in [-0.3, -0.25) is 4.79 Å². The van der Waals surface area contributed by atoms with Gasteiger partial charge < -0.3 is 25.2 Å². The summed E-state index contributed by atoms with van der Waals surface area (Å²) in [7, 11) is 1.59. The number of nitrogens with zero attached hydrogens (tertiary/aromatic N) is 1. The molecule has 2 rings (SSSR count). The Bertz CT molecular complexity index is 602. The Balaban J connectivity index is 1.73. The van der Waals surface area contributed by atoms with Crippen molar-refractivity contribution in [1.82, 2.24) is 10.2 Å². The summed E-state index contributed by atoms with van der Waals surface area (Å²) in [5.74, 6) is 0.382. The first kappa shape index (κ1) is 20.3. The summed E-state index contributed by atoms with van der Waals surface area (Å²) in [6, 6.07) is 7.33. The maximum atomic E-state index is 12.1. The van der Waals surface area contributed by atoms with Crippen LogP contribution in [0.1, 0.15) is 18.4 Å². The number of halogens is 1. The third-order valence-corrected chi connectivity index (χ3v) is 5.05. The quantitative estimate of drug-likeness (QED) is 0.621. The van der Waals surface area contributed by atoms with Crippen LogP contribution in [0.4, 0.5) is 4.79 Å². The molecule has 0 saturated carbocycles. The second-order valence-electron chi connectivity index (χ2n) is 6.44. The molecule has 1 heterocycles. The minimum absolute atomic E-state index is 0.0266. The van der Waals surface area contributed by atoms with Gasteiger partial charge in [0.2, 0.25) is 5.91 Å². The molecule has 2 atom stereocenters. The van der Waals surface area contributed by atoms with E-state index in [1.807, 2.05) is 24.3 Å². The van der Waals surface area contributed by atoms with Gasteiger partial charge in [-0.1, -0.05) is 12.1 Å². The molecule has 2 amide bonds. The molecule has 0 aromatic heterocycles. The molecule has 2 unspecified atom stereocenters. The number of carbonyl (C=O) groups excluding carboxylic acids is 1. The topological polar surface area (TPSA) is 99.1 Å². The second-order valence-corrected chi connectivity index (χ2v) is 6.97. The van der Waals surface area contributed by atoms with Gasteiger partial charge in [-0.2, -0.15) is 0 Å². The number of carbonyl (C=O) groups is 2. The largest absolute Gasteiger partial charge is 0.497 e. The molecule has 3 N–H and O–H groups in total. The third kappa shape index (κ3) is 5.78. The molecule has 8 heteroatoms. The van der Waals surface area contributed by atoms with Crippen molar-refractivity contribution in [1.29, 1.82) is 0 Å². The van der Waals surface area contributed by atoms with E-state index in [1.165, 1.54) is 4.90 Å². The zero-order valence-corrected chi connectivity index (χ0v) is 15.5. The average molecular weight is 385 g/mol. The first-order valence-corrected chi connectivity index (χ1v) is 9.05. The van der Waals surface area contributed by atoms with E-state index in [0.29, 0.717) is 32.4 Å². The van der Waals surface area contributed by atoms with Gasteiger partial charge in [0, 0.05) is 19.6 Å². The summed E-state index contributed by atoms with van der Waals surface area (Å²) in [6.45, 7) is 0.920. The summed E-state index contributed by atoms with van der Waals surface area (Å²) in [5.41, 5.74) is 0.919. The molecule has 1 fully saturated rings. The third-order valence-electron chi connectivity index (χ3n) is 4.70. The van der Waals surface area contributed by atoms with Crippen molar-refractivity contribution in [3.05, 3.63) is 29.8 Å². The molecule has 0 spiro atoms. The zero-order chi connectivity index (χ0) is 19.1. The molecule has 1 aromatic rings. The van der Waals surface area contributed by atoms with Crippen molar-refractivity contribution in [2.24, 2.45) is 5.92 Å². The number of rotatable bonds is 7. The van der Waals surface area contributed by atoms with E-state index in [0.717, 1.165) is 11.3 Å². The van der Waals surface area contributed by atoms with Crippen LogP contribution in [-0.2, 0) is 11.2 Å². The van der Waals surface area contributed by atoms with Gasteiger partial charge in [0.25, 0.3) is 0 Å². The summed E-state index contributed by atoms with van der Waals surface area (Å²) in [4.78, 5) is 24.4. The van der Waals surface area contributed by atoms with Crippen molar-refractivity contribution in [2.45, 2.75) is 30.7 Å². The molecular weight excluding hydrogens is 360 g/mol. The lowest BCUT2D eigenvalue weighted by molar-refractivity contribution is -0.121. The number of piperidine rings is 1. The van der Waals surface area contributed by atoms with Crippen LogP contribution in [0.5, 0.6) is 5.75 Å². The van der Waals surface area contributed by atoms with Crippen LogP contribution in [0.25, 0.3) is 0 Å². The highest BCUT2D eigenvalue weighted by atomic mass is 35.5. The Morgan fingerprint density at radius 3 is 2.46 bits per heavy atom. The Kier molecular flexibility index (Phi) is 7.53. The lowest BCUT2D eigenvalue weighted by Crippen LogP contribution is -2.45. The van der Waals surface area contributed by atoms with Crippen LogP contribution in [0.3, 0.4) is 0 Å². The molecule has 1 aliphatic heterocycles. The number of aliphatic hydroxyl groups excluding tert-OH is 1. The standard InChI is InChI=1S/C18H25ClN2O5/c1-26-14-4-2-12(3-5-14)10-15(19)17(23)20-11-16(22)13-6-8-21(9-7-13)18(24)25/h2-5,13,15-16,22H,6-11H2,1H3,(H,20,23)(H,24,25). The van der Waals surface area contributed by atoms with E-state index < -0.39 is 17.6 Å². The number of alkyl halides is 1. The number of aliphatic hydroxyl groups is 1. The van der Waals surface area contributed by atoms with Crippen molar-refractivity contribution in [3.8, 4) is 5.75 Å². The average Bonchev–Trinajstić information content (AvgIpc) is 2.66. The summed E-state index contributed by atoms with van der Waals surface area (Å²) in [6.07, 6.45) is -0.0989. The number of amides is 2. The fraction of sp³-hybridized carbons (Fsp3) is 0.556. The van der Waals surface area contributed by atoms with Gasteiger partial charge in [-0.25, -0.2) is 4.79 Å². The van der Waals surface area contributed by atoms with Gasteiger partial charge in [0.05, 0.1) is 13.2 Å². The van der Waals surface area contributed by atoms with Crippen LogP contribution >= 0.6 is 11.6 Å². The number of methoxy groups -OCH3 is 1. The highest BCUT2D eigenvalue weighted by Gasteiger charge is 2.28. The van der Waals surface area contributed by atoms with Crippen LogP contribution < -0.4 is 10.1 Å². The molecule has 0 radical (unpaired) electrons. The van der Waals surface area contributed by atoms with Gasteiger partial charge in [0.1, 0.15) is 11.1 Å². The first-order chi connectivity index (χ1) is 12.4. The molecule has 26 heavy (non-hydrogen) atoms. The number of hydrogen-bond acceptors (Lipinski definition) is 4. The van der Waals surface area contributed by atoms with Gasteiger partial charge >= 0.3 is 6.09 Å². The summed E-state index contributed by atoms with van der Waals surface area (Å²) in [5, 5.41) is 21.1. The molecule has 1 aromatic carbocycles. The summed E-state index contributed by atoms with van der Waals surface area (Å²) < 4.78 is 5.09. The predicted octanol–water partition coefficient (Wildman–Crippen LogP) is 1.71. The predicted molar refractivity (Wildman–Crippen MR) is 97.7 cm³/mol. The lowest BCUT2D eigenvalue weighted by atomic mass is 9.91. The maximum absolute atomic E-state index is 12.1. The Morgan fingerprint density at radius 1 is 1.31 bits per heavy atom. The minimum atomic E-state index is -0.935. The Hall–Kier alpha value is -1.99. The van der Waals surface area contributed by atoms with Crippen LogP contribution in [-0.4, -0.2) is 65.3 Å². The Labute approximate surface area is 157 Å². The molecule has 1 aliphatic rings. The fourth-order valence-electron chi connectivity index (χ4n) is 3.02. The van der Waals surface area contributed by atoms with E-state index >= 15 is 0 Å². The molecule has 0 aliphatic carbocycles. The van der Waals surface area contributed by atoms with Crippen LogP contribution in [0, 0.1) is 5.92 Å². The number of carboxylic acid groups (broad SMARTS) is 1.